The molecule has 0 aliphatic heterocycles. The zero-order chi connectivity index (χ0) is 15.6. The highest BCUT2D eigenvalue weighted by atomic mass is 16.2. The lowest BCUT2D eigenvalue weighted by atomic mass is 10.3. The number of nitriles is 1. The molecule has 0 radical (unpaired) electrons. The summed E-state index contributed by atoms with van der Waals surface area (Å²) in [4.78, 5) is 23.5. The number of carbonyl (C=O) groups excluding carboxylic acids is 1. The number of aromatic nitrogens is 3. The second-order valence-electron chi connectivity index (χ2n) is 4.75. The van der Waals surface area contributed by atoms with Crippen LogP contribution < -0.4 is 10.7 Å². The minimum absolute atomic E-state index is 0.0635. The summed E-state index contributed by atoms with van der Waals surface area (Å²) in [6, 6.07) is 4.92. The van der Waals surface area contributed by atoms with Gasteiger partial charge in [-0.15, -0.1) is 0 Å². The molecule has 0 aliphatic carbocycles. The van der Waals surface area contributed by atoms with E-state index in [-0.39, 0.29) is 17.9 Å². The molecule has 1 amide bonds. The Labute approximate surface area is 121 Å². The lowest BCUT2D eigenvalue weighted by molar-refractivity contribution is -0.116. The Hall–Kier alpha value is -2.88. The van der Waals surface area contributed by atoms with Gasteiger partial charge in [0.2, 0.25) is 5.91 Å². The van der Waals surface area contributed by atoms with Gasteiger partial charge in [0.25, 0.3) is 0 Å². The van der Waals surface area contributed by atoms with E-state index in [4.69, 9.17) is 5.26 Å². The van der Waals surface area contributed by atoms with Gasteiger partial charge in [-0.3, -0.25) is 14.3 Å². The van der Waals surface area contributed by atoms with Crippen molar-refractivity contribution in [2.24, 2.45) is 7.05 Å². The number of hydrogen-bond donors (Lipinski definition) is 1. The first-order valence-corrected chi connectivity index (χ1v) is 6.32. The van der Waals surface area contributed by atoms with Crippen LogP contribution in [0, 0.1) is 25.2 Å². The number of aryl methyl sites for hydroxylation is 3. The van der Waals surface area contributed by atoms with Crippen molar-refractivity contribution in [1.82, 2.24) is 14.3 Å². The van der Waals surface area contributed by atoms with Crippen molar-refractivity contribution in [1.29, 1.82) is 5.26 Å². The summed E-state index contributed by atoms with van der Waals surface area (Å²) in [5.74, 6) is 0.0730. The SMILES string of the molecule is Cc1cc(=O)cc(C)n1CC(=O)Nc1c(C#N)cnn1C. The first-order chi connectivity index (χ1) is 9.92. The van der Waals surface area contributed by atoms with Gasteiger partial charge in [-0.25, -0.2) is 0 Å². The van der Waals surface area contributed by atoms with Crippen LogP contribution in [-0.4, -0.2) is 20.3 Å². The number of nitrogens with one attached hydrogen (secondary N) is 1. The van der Waals surface area contributed by atoms with Crippen LogP contribution in [0.3, 0.4) is 0 Å². The average molecular weight is 285 g/mol. The third kappa shape index (κ3) is 3.00. The largest absolute Gasteiger partial charge is 0.340 e. The number of anilines is 1. The van der Waals surface area contributed by atoms with Crippen LogP contribution in [0.25, 0.3) is 0 Å². The second-order valence-corrected chi connectivity index (χ2v) is 4.75. The summed E-state index contributed by atoms with van der Waals surface area (Å²) in [6.45, 7) is 3.60. The van der Waals surface area contributed by atoms with Gasteiger partial charge in [-0.1, -0.05) is 0 Å². The van der Waals surface area contributed by atoms with Crippen LogP contribution in [0.2, 0.25) is 0 Å². The Morgan fingerprint density at radius 2 is 2.00 bits per heavy atom. The van der Waals surface area contributed by atoms with Crippen molar-refractivity contribution in [2.75, 3.05) is 5.32 Å². The van der Waals surface area contributed by atoms with Crippen LogP contribution >= 0.6 is 0 Å². The molecule has 21 heavy (non-hydrogen) atoms. The summed E-state index contributed by atoms with van der Waals surface area (Å²) in [7, 11) is 1.65. The Kier molecular flexibility index (Phi) is 3.89. The molecular formula is C14H15N5O2. The fraction of sp³-hybridized carbons (Fsp3) is 0.286. The molecule has 2 heterocycles. The smallest absolute Gasteiger partial charge is 0.245 e. The van der Waals surface area contributed by atoms with Gasteiger partial charge in [0.05, 0.1) is 6.20 Å². The molecule has 108 valence electrons. The van der Waals surface area contributed by atoms with Gasteiger partial charge in [-0.2, -0.15) is 10.4 Å². The predicted molar refractivity (Wildman–Crippen MR) is 76.7 cm³/mol. The van der Waals surface area contributed by atoms with E-state index in [0.29, 0.717) is 22.8 Å². The van der Waals surface area contributed by atoms with Gasteiger partial charge >= 0.3 is 0 Å². The summed E-state index contributed by atoms with van der Waals surface area (Å²) in [5.41, 5.74) is 1.64. The van der Waals surface area contributed by atoms with Crippen molar-refractivity contribution in [3.05, 3.63) is 45.5 Å². The van der Waals surface area contributed by atoms with Crippen LogP contribution in [-0.2, 0) is 18.4 Å². The van der Waals surface area contributed by atoms with E-state index in [2.05, 4.69) is 10.4 Å². The number of carbonyl (C=O) groups is 1. The minimum atomic E-state index is -0.287. The minimum Gasteiger partial charge on any atom is -0.340 e. The fourth-order valence-electron chi connectivity index (χ4n) is 2.12. The van der Waals surface area contributed by atoms with E-state index >= 15 is 0 Å². The monoisotopic (exact) mass is 285 g/mol. The quantitative estimate of drug-likeness (QED) is 0.898. The third-order valence-corrected chi connectivity index (χ3v) is 3.17. The standard InChI is InChI=1S/C14H15N5O2/c1-9-4-12(20)5-10(2)19(9)8-13(21)17-14-11(6-15)7-16-18(14)3/h4-5,7H,8H2,1-3H3,(H,17,21). The van der Waals surface area contributed by atoms with E-state index < -0.39 is 0 Å². The number of nitrogens with zero attached hydrogens (tertiary/aromatic N) is 4. The van der Waals surface area contributed by atoms with Crippen molar-refractivity contribution in [3.8, 4) is 6.07 Å². The lowest BCUT2D eigenvalue weighted by Gasteiger charge is -2.14. The number of pyridine rings is 1. The molecule has 7 heteroatoms. The highest BCUT2D eigenvalue weighted by Crippen LogP contribution is 2.12. The van der Waals surface area contributed by atoms with Crippen LogP contribution in [0.1, 0.15) is 17.0 Å². The first kappa shape index (κ1) is 14.5. The number of rotatable bonds is 3. The maximum Gasteiger partial charge on any atom is 0.245 e. The van der Waals surface area contributed by atoms with Gasteiger partial charge < -0.3 is 9.88 Å². The van der Waals surface area contributed by atoms with Gasteiger partial charge in [0, 0.05) is 30.6 Å². The van der Waals surface area contributed by atoms with E-state index in [1.807, 2.05) is 6.07 Å². The molecule has 0 saturated carbocycles. The van der Waals surface area contributed by atoms with Crippen LogP contribution in [0.4, 0.5) is 5.82 Å². The molecule has 0 spiro atoms. The van der Waals surface area contributed by atoms with Crippen molar-refractivity contribution in [2.45, 2.75) is 20.4 Å². The zero-order valence-electron chi connectivity index (χ0n) is 12.0. The Bertz CT molecular complexity index is 768. The van der Waals surface area contributed by atoms with E-state index in [1.54, 1.807) is 25.5 Å². The molecule has 2 aromatic rings. The van der Waals surface area contributed by atoms with E-state index in [0.717, 1.165) is 0 Å². The maximum absolute atomic E-state index is 12.1. The van der Waals surface area contributed by atoms with Crippen molar-refractivity contribution in [3.63, 3.8) is 0 Å². The fourth-order valence-corrected chi connectivity index (χ4v) is 2.12. The van der Waals surface area contributed by atoms with Crippen molar-refractivity contribution < 1.29 is 4.79 Å². The van der Waals surface area contributed by atoms with E-state index in [9.17, 15) is 9.59 Å². The Balaban J connectivity index is 2.22. The second kappa shape index (κ2) is 5.63. The van der Waals surface area contributed by atoms with E-state index in [1.165, 1.54) is 23.0 Å². The molecule has 0 aromatic carbocycles. The Morgan fingerprint density at radius 3 is 2.57 bits per heavy atom. The molecule has 0 aliphatic rings. The van der Waals surface area contributed by atoms with Crippen LogP contribution in [0.15, 0.2) is 23.1 Å². The first-order valence-electron chi connectivity index (χ1n) is 6.32. The molecule has 0 unspecified atom stereocenters. The van der Waals surface area contributed by atoms with Crippen molar-refractivity contribution >= 4 is 11.7 Å². The summed E-state index contributed by atoms with van der Waals surface area (Å²) in [5, 5.41) is 15.6. The predicted octanol–water partition coefficient (Wildman–Crippen LogP) is 0.709. The molecule has 7 nitrogen and oxygen atoms in total. The molecular weight excluding hydrogens is 270 g/mol. The average Bonchev–Trinajstić information content (AvgIpc) is 2.75. The molecule has 0 saturated heterocycles. The normalized spacial score (nSPS) is 10.2. The topological polar surface area (TPSA) is 92.7 Å². The lowest BCUT2D eigenvalue weighted by Crippen LogP contribution is -2.24. The molecule has 0 bridgehead atoms. The van der Waals surface area contributed by atoms with Gasteiger partial charge in [0.15, 0.2) is 5.43 Å². The summed E-state index contributed by atoms with van der Waals surface area (Å²) in [6.07, 6.45) is 1.39. The Morgan fingerprint density at radius 1 is 1.38 bits per heavy atom. The summed E-state index contributed by atoms with van der Waals surface area (Å²) < 4.78 is 3.17. The zero-order valence-corrected chi connectivity index (χ0v) is 12.0. The third-order valence-electron chi connectivity index (χ3n) is 3.17. The highest BCUT2D eigenvalue weighted by Gasteiger charge is 2.13. The molecule has 0 fully saturated rings. The molecule has 2 aromatic heterocycles. The van der Waals surface area contributed by atoms with Gasteiger partial charge in [0.1, 0.15) is 24.0 Å². The van der Waals surface area contributed by atoms with Crippen LogP contribution in [0.5, 0.6) is 0 Å². The number of amides is 1. The summed E-state index contributed by atoms with van der Waals surface area (Å²) >= 11 is 0. The molecule has 1 N–H and O–H groups in total. The number of hydrogen-bond acceptors (Lipinski definition) is 4. The highest BCUT2D eigenvalue weighted by molar-refractivity contribution is 5.91. The van der Waals surface area contributed by atoms with Gasteiger partial charge in [-0.05, 0) is 13.8 Å². The molecule has 0 atom stereocenters. The molecule has 2 rings (SSSR count). The maximum atomic E-state index is 12.1.